The van der Waals surface area contributed by atoms with Crippen LogP contribution in [0.1, 0.15) is 71.1 Å². The molecule has 6 heteroatoms. The molecule has 6 nitrogen and oxygen atoms in total. The van der Waals surface area contributed by atoms with E-state index in [1.54, 1.807) is 0 Å². The number of nitrogens with zero attached hydrogens (tertiary/aromatic N) is 4. The first-order chi connectivity index (χ1) is 17.2. The van der Waals surface area contributed by atoms with Gasteiger partial charge in [0.2, 0.25) is 0 Å². The summed E-state index contributed by atoms with van der Waals surface area (Å²) in [6.07, 6.45) is 5.99. The molecule has 3 aromatic rings. The topological polar surface area (TPSA) is 69.0 Å². The van der Waals surface area contributed by atoms with E-state index in [-0.39, 0.29) is 5.92 Å². The predicted octanol–water partition coefficient (Wildman–Crippen LogP) is 5.69. The highest BCUT2D eigenvalue weighted by Gasteiger charge is 2.20. The zero-order valence-electron chi connectivity index (χ0n) is 20.5. The molecule has 2 heterocycles. The summed E-state index contributed by atoms with van der Waals surface area (Å²) in [5.74, 6) is 0.00644. The molecule has 5 rings (SSSR count). The maximum atomic E-state index is 5.91. The zero-order chi connectivity index (χ0) is 24.0. The minimum atomic E-state index is 0.00644. The van der Waals surface area contributed by atoms with Crippen molar-refractivity contribution in [2.24, 2.45) is 10.3 Å². The highest BCUT2D eigenvalue weighted by atomic mass is 16.6. The van der Waals surface area contributed by atoms with Crippen molar-refractivity contribution in [3.05, 3.63) is 94.1 Å². The number of aromatic nitrogens is 2. The average molecular weight is 469 g/mol. The van der Waals surface area contributed by atoms with Gasteiger partial charge in [-0.15, -0.1) is 0 Å². The van der Waals surface area contributed by atoms with Crippen molar-refractivity contribution < 1.29 is 9.68 Å². The number of fused-ring (bicyclic) bond motifs is 2. The number of rotatable bonds is 7. The summed E-state index contributed by atoms with van der Waals surface area (Å²) < 4.78 is 0. The van der Waals surface area contributed by atoms with Crippen LogP contribution >= 0.6 is 0 Å². The van der Waals surface area contributed by atoms with Gasteiger partial charge in [0.25, 0.3) is 0 Å². The minimum Gasteiger partial charge on any atom is -0.395 e. The van der Waals surface area contributed by atoms with E-state index in [0.29, 0.717) is 13.2 Å². The molecule has 2 aromatic heterocycles. The van der Waals surface area contributed by atoms with Crippen molar-refractivity contribution in [2.75, 3.05) is 13.2 Å². The monoisotopic (exact) mass is 468 g/mol. The summed E-state index contributed by atoms with van der Waals surface area (Å²) in [6, 6.07) is 18.7. The van der Waals surface area contributed by atoms with Crippen LogP contribution in [0.25, 0.3) is 0 Å². The van der Waals surface area contributed by atoms with Gasteiger partial charge >= 0.3 is 0 Å². The zero-order valence-corrected chi connectivity index (χ0v) is 20.5. The molecule has 0 unspecified atom stereocenters. The van der Waals surface area contributed by atoms with E-state index < -0.39 is 0 Å². The molecule has 35 heavy (non-hydrogen) atoms. The molecular weight excluding hydrogens is 436 g/mol. The van der Waals surface area contributed by atoms with E-state index in [4.69, 9.17) is 19.6 Å². The number of hydrogen-bond donors (Lipinski definition) is 0. The average Bonchev–Trinajstić information content (AvgIpc) is 2.88. The third-order valence-electron chi connectivity index (χ3n) is 6.67. The lowest BCUT2D eigenvalue weighted by Gasteiger charge is -2.19. The van der Waals surface area contributed by atoms with Crippen LogP contribution in [-0.2, 0) is 22.5 Å². The van der Waals surface area contributed by atoms with Crippen LogP contribution in [0.3, 0.4) is 0 Å². The van der Waals surface area contributed by atoms with Gasteiger partial charge in [-0.25, -0.2) is 0 Å². The summed E-state index contributed by atoms with van der Waals surface area (Å²) in [6.45, 7) is 4.85. The van der Waals surface area contributed by atoms with Gasteiger partial charge in [-0.2, -0.15) is 0 Å². The molecule has 1 aromatic carbocycles. The van der Waals surface area contributed by atoms with Crippen molar-refractivity contribution in [3.8, 4) is 0 Å². The maximum absolute atomic E-state index is 5.91. The molecule has 180 valence electrons. The standard InChI is InChI=1S/C29H32N4O2/c1-20-14-16-23-10-6-12-26(28(23)30-20)32-34-18-25(22-8-4-3-5-9-22)19-35-33-27-13-7-11-24-17-15-21(2)31-29(24)27/h3-5,8-9,14-17,25H,6-7,10-13,18-19H2,1-2H3. The molecule has 0 bridgehead atoms. The van der Waals surface area contributed by atoms with E-state index in [9.17, 15) is 0 Å². The van der Waals surface area contributed by atoms with Crippen molar-refractivity contribution in [1.82, 2.24) is 9.97 Å². The first-order valence-electron chi connectivity index (χ1n) is 12.5. The van der Waals surface area contributed by atoms with Gasteiger partial charge in [0, 0.05) is 11.4 Å². The second-order valence-electron chi connectivity index (χ2n) is 9.40. The van der Waals surface area contributed by atoms with Crippen LogP contribution in [0.4, 0.5) is 0 Å². The van der Waals surface area contributed by atoms with Gasteiger partial charge in [-0.1, -0.05) is 52.8 Å². The SMILES string of the molecule is Cc1ccc2c(n1)C(=NOCC(CON=C1CCCc3ccc(C)nc31)c1ccccc1)CCC2. The third-order valence-corrected chi connectivity index (χ3v) is 6.67. The summed E-state index contributed by atoms with van der Waals surface area (Å²) in [5, 5.41) is 9.04. The van der Waals surface area contributed by atoms with E-state index in [0.717, 1.165) is 78.3 Å². The smallest absolute Gasteiger partial charge is 0.127 e. The Morgan fingerprint density at radius 3 is 1.71 bits per heavy atom. The number of oxime groups is 2. The largest absolute Gasteiger partial charge is 0.395 e. The number of hydrogen-bond acceptors (Lipinski definition) is 6. The Balaban J connectivity index is 1.29. The summed E-state index contributed by atoms with van der Waals surface area (Å²) in [4.78, 5) is 21.3. The molecule has 0 saturated heterocycles. The van der Waals surface area contributed by atoms with Crippen LogP contribution in [0.5, 0.6) is 0 Å². The fourth-order valence-corrected chi connectivity index (χ4v) is 4.76. The lowest BCUT2D eigenvalue weighted by atomic mass is 9.94. The van der Waals surface area contributed by atoms with Crippen molar-refractivity contribution in [1.29, 1.82) is 0 Å². The van der Waals surface area contributed by atoms with Crippen molar-refractivity contribution in [3.63, 3.8) is 0 Å². The van der Waals surface area contributed by atoms with E-state index in [2.05, 4.69) is 46.7 Å². The second-order valence-corrected chi connectivity index (χ2v) is 9.40. The van der Waals surface area contributed by atoms with Gasteiger partial charge in [0.15, 0.2) is 0 Å². The predicted molar refractivity (Wildman–Crippen MR) is 138 cm³/mol. The van der Waals surface area contributed by atoms with E-state index in [1.165, 1.54) is 11.1 Å². The fourth-order valence-electron chi connectivity index (χ4n) is 4.76. The summed E-state index contributed by atoms with van der Waals surface area (Å²) in [7, 11) is 0. The van der Waals surface area contributed by atoms with E-state index in [1.807, 2.05) is 32.0 Å². The molecule has 0 radical (unpaired) electrons. The van der Waals surface area contributed by atoms with Crippen LogP contribution in [0.2, 0.25) is 0 Å². The number of aryl methyl sites for hydroxylation is 4. The molecular formula is C29H32N4O2. The van der Waals surface area contributed by atoms with Gasteiger partial charge in [0.05, 0.1) is 17.3 Å². The summed E-state index contributed by atoms with van der Waals surface area (Å²) >= 11 is 0. The lowest BCUT2D eigenvalue weighted by molar-refractivity contribution is 0.0713. The second kappa shape index (κ2) is 10.8. The molecule has 2 aliphatic carbocycles. The fraction of sp³-hybridized carbons (Fsp3) is 0.379. The summed E-state index contributed by atoms with van der Waals surface area (Å²) in [5.41, 5.74) is 9.47. The Labute approximate surface area is 207 Å². The van der Waals surface area contributed by atoms with Crippen LogP contribution in [0.15, 0.2) is 64.9 Å². The Morgan fingerprint density at radius 1 is 0.686 bits per heavy atom. The lowest BCUT2D eigenvalue weighted by Crippen LogP contribution is -2.18. The molecule has 0 aliphatic heterocycles. The molecule has 0 atom stereocenters. The van der Waals surface area contributed by atoms with Gasteiger partial charge in [0.1, 0.15) is 24.6 Å². The molecule has 0 saturated carbocycles. The normalized spacial score (nSPS) is 18.1. The molecule has 0 fully saturated rings. The van der Waals surface area contributed by atoms with Gasteiger partial charge < -0.3 is 9.68 Å². The highest BCUT2D eigenvalue weighted by molar-refractivity contribution is 6.01. The Bertz CT molecular complexity index is 1160. The quantitative estimate of drug-likeness (QED) is 0.418. The van der Waals surface area contributed by atoms with Crippen LogP contribution in [-0.4, -0.2) is 34.6 Å². The number of benzene rings is 1. The first kappa shape index (κ1) is 23.2. The Hall–Kier alpha value is -3.54. The van der Waals surface area contributed by atoms with Crippen molar-refractivity contribution >= 4 is 11.4 Å². The van der Waals surface area contributed by atoms with Gasteiger partial charge in [-0.3, -0.25) is 9.97 Å². The first-order valence-corrected chi connectivity index (χ1v) is 12.5. The number of pyridine rings is 2. The molecule has 2 aliphatic rings. The third kappa shape index (κ3) is 5.59. The minimum absolute atomic E-state index is 0.00644. The van der Waals surface area contributed by atoms with Crippen molar-refractivity contribution in [2.45, 2.75) is 58.3 Å². The van der Waals surface area contributed by atoms with E-state index >= 15 is 0 Å². The molecule has 0 spiro atoms. The van der Waals surface area contributed by atoms with Crippen LogP contribution in [0, 0.1) is 13.8 Å². The van der Waals surface area contributed by atoms with Crippen LogP contribution < -0.4 is 0 Å². The Kier molecular flexibility index (Phi) is 7.17. The Morgan fingerprint density at radius 2 is 1.20 bits per heavy atom. The maximum Gasteiger partial charge on any atom is 0.127 e. The molecule has 0 amide bonds. The highest BCUT2D eigenvalue weighted by Crippen LogP contribution is 2.23. The van der Waals surface area contributed by atoms with Gasteiger partial charge in [-0.05, 0) is 81.2 Å². The molecule has 0 N–H and O–H groups in total.